The minimum Gasteiger partial charge on any atom is -0.477 e. The van der Waals surface area contributed by atoms with Crippen LogP contribution in [0.1, 0.15) is 50.3 Å². The second kappa shape index (κ2) is 8.86. The van der Waals surface area contributed by atoms with Crippen molar-refractivity contribution < 1.29 is 14.3 Å². The highest BCUT2D eigenvalue weighted by Crippen LogP contribution is 2.56. The normalized spacial score (nSPS) is 16.9. The van der Waals surface area contributed by atoms with Crippen LogP contribution in [0.3, 0.4) is 0 Å². The summed E-state index contributed by atoms with van der Waals surface area (Å²) in [4.78, 5) is 32.7. The molecule has 4 aromatic rings. The SMILES string of the molecule is Cc1cnc(-c2csc(C(=O)O)c2F)cc1-n1c(C)cc([C@@H]2CC2c2cncc(Cl)c2)c(Cl)c1=O. The fourth-order valence-corrected chi connectivity index (χ4v) is 5.64. The van der Waals surface area contributed by atoms with Crippen LogP contribution < -0.4 is 5.56 Å². The Labute approximate surface area is 213 Å². The number of thiophene rings is 1. The molecular formula is C25H18Cl2FN3O3S. The Kier molecular flexibility index (Phi) is 5.99. The van der Waals surface area contributed by atoms with Crippen molar-refractivity contribution >= 4 is 40.5 Å². The molecular weight excluding hydrogens is 512 g/mol. The summed E-state index contributed by atoms with van der Waals surface area (Å²) >= 11 is 13.5. The minimum absolute atomic E-state index is 0.0676. The monoisotopic (exact) mass is 529 g/mol. The third-order valence-corrected chi connectivity index (χ3v) is 7.75. The molecule has 0 amide bonds. The van der Waals surface area contributed by atoms with Crippen LogP contribution in [0.5, 0.6) is 0 Å². The lowest BCUT2D eigenvalue weighted by Crippen LogP contribution is -2.23. The summed E-state index contributed by atoms with van der Waals surface area (Å²) in [5, 5.41) is 11.3. The van der Waals surface area contributed by atoms with Crippen LogP contribution in [0.2, 0.25) is 10.0 Å². The number of aromatic carboxylic acids is 1. The highest BCUT2D eigenvalue weighted by Gasteiger charge is 2.42. The van der Waals surface area contributed by atoms with Crippen molar-refractivity contribution in [3.8, 4) is 16.9 Å². The molecule has 1 aliphatic carbocycles. The molecule has 1 fully saturated rings. The maximum absolute atomic E-state index is 14.7. The van der Waals surface area contributed by atoms with Crippen molar-refractivity contribution in [2.45, 2.75) is 32.1 Å². The standard InChI is InChI=1S/C25H18Cl2FN3O3S/c1-11-7-30-19(18-10-35-23(22(18)28)25(33)34)6-20(11)31-12(2)3-17(21(27)24(31)32)16-5-15(16)13-4-14(26)9-29-8-13/h3-4,6-10,15-16H,5H2,1-2H3,(H,33,34)/t15?,16-/m1/s1. The first-order chi connectivity index (χ1) is 16.7. The van der Waals surface area contributed by atoms with E-state index in [4.69, 9.17) is 28.3 Å². The number of aryl methyl sites for hydroxylation is 2. The van der Waals surface area contributed by atoms with Crippen molar-refractivity contribution in [1.82, 2.24) is 14.5 Å². The molecule has 4 aromatic heterocycles. The highest BCUT2D eigenvalue weighted by atomic mass is 35.5. The number of carboxylic acids is 1. The Balaban J connectivity index is 1.55. The lowest BCUT2D eigenvalue weighted by Gasteiger charge is -2.16. The molecule has 2 atom stereocenters. The zero-order valence-corrected chi connectivity index (χ0v) is 20.9. The maximum Gasteiger partial charge on any atom is 0.348 e. The lowest BCUT2D eigenvalue weighted by molar-refractivity contribution is 0.0698. The van der Waals surface area contributed by atoms with Gasteiger partial charge in [-0.2, -0.15) is 0 Å². The molecule has 35 heavy (non-hydrogen) atoms. The van der Waals surface area contributed by atoms with Gasteiger partial charge in [-0.1, -0.05) is 23.2 Å². The molecule has 1 N–H and O–H groups in total. The van der Waals surface area contributed by atoms with E-state index in [1.165, 1.54) is 16.1 Å². The Morgan fingerprint density at radius 2 is 1.94 bits per heavy atom. The molecule has 0 spiro atoms. The molecule has 178 valence electrons. The van der Waals surface area contributed by atoms with E-state index >= 15 is 0 Å². The van der Waals surface area contributed by atoms with Gasteiger partial charge >= 0.3 is 5.97 Å². The van der Waals surface area contributed by atoms with Gasteiger partial charge in [-0.15, -0.1) is 11.3 Å². The first kappa shape index (κ1) is 23.7. The van der Waals surface area contributed by atoms with Crippen molar-refractivity contribution in [2.75, 3.05) is 0 Å². The van der Waals surface area contributed by atoms with Gasteiger partial charge in [0.15, 0.2) is 5.82 Å². The Morgan fingerprint density at radius 1 is 1.17 bits per heavy atom. The fraction of sp³-hybridized carbons (Fsp3) is 0.200. The van der Waals surface area contributed by atoms with Crippen LogP contribution in [0, 0.1) is 19.7 Å². The predicted molar refractivity (Wildman–Crippen MR) is 134 cm³/mol. The molecule has 10 heteroatoms. The van der Waals surface area contributed by atoms with Gasteiger partial charge < -0.3 is 5.11 Å². The highest BCUT2D eigenvalue weighted by molar-refractivity contribution is 7.12. The largest absolute Gasteiger partial charge is 0.477 e. The van der Waals surface area contributed by atoms with Crippen LogP contribution in [0.25, 0.3) is 16.9 Å². The van der Waals surface area contributed by atoms with Gasteiger partial charge in [0.2, 0.25) is 0 Å². The predicted octanol–water partition coefficient (Wildman–Crippen LogP) is 6.39. The van der Waals surface area contributed by atoms with Gasteiger partial charge in [0.1, 0.15) is 9.90 Å². The van der Waals surface area contributed by atoms with Gasteiger partial charge in [0.25, 0.3) is 5.56 Å². The second-order valence-electron chi connectivity index (χ2n) is 8.53. The molecule has 1 saturated carbocycles. The number of aromatic nitrogens is 3. The first-order valence-electron chi connectivity index (χ1n) is 10.7. The summed E-state index contributed by atoms with van der Waals surface area (Å²) in [6, 6.07) is 5.36. The summed E-state index contributed by atoms with van der Waals surface area (Å²) in [6.45, 7) is 3.60. The Bertz CT molecular complexity index is 1570. The molecule has 0 aromatic carbocycles. The number of nitrogens with zero attached hydrogens (tertiary/aromatic N) is 3. The van der Waals surface area contributed by atoms with Crippen molar-refractivity contribution in [1.29, 1.82) is 0 Å². The Morgan fingerprint density at radius 3 is 2.63 bits per heavy atom. The molecule has 0 bridgehead atoms. The van der Waals surface area contributed by atoms with E-state index in [9.17, 15) is 14.0 Å². The molecule has 1 unspecified atom stereocenters. The number of carboxylic acid groups (broad SMARTS) is 1. The average molecular weight is 530 g/mol. The molecule has 4 heterocycles. The second-order valence-corrected chi connectivity index (χ2v) is 10.2. The summed E-state index contributed by atoms with van der Waals surface area (Å²) in [5.74, 6) is -1.91. The van der Waals surface area contributed by atoms with Crippen LogP contribution in [0.15, 0.2) is 47.0 Å². The van der Waals surface area contributed by atoms with Gasteiger partial charge in [-0.3, -0.25) is 19.3 Å². The number of hydrogen-bond acceptors (Lipinski definition) is 5. The van der Waals surface area contributed by atoms with Gasteiger partial charge in [-0.25, -0.2) is 9.18 Å². The third kappa shape index (κ3) is 4.16. The Hall–Kier alpha value is -3.07. The molecule has 6 nitrogen and oxygen atoms in total. The van der Waals surface area contributed by atoms with E-state index in [-0.39, 0.29) is 33.7 Å². The fourth-order valence-electron chi connectivity index (χ4n) is 4.40. The molecule has 1 aliphatic rings. The summed E-state index contributed by atoms with van der Waals surface area (Å²) in [7, 11) is 0. The first-order valence-corrected chi connectivity index (χ1v) is 12.3. The maximum atomic E-state index is 14.7. The molecule has 5 rings (SSSR count). The molecule has 0 aliphatic heterocycles. The van der Waals surface area contributed by atoms with Crippen molar-refractivity contribution in [2.24, 2.45) is 0 Å². The van der Waals surface area contributed by atoms with E-state index in [1.807, 2.05) is 19.1 Å². The number of hydrogen-bond donors (Lipinski definition) is 1. The lowest BCUT2D eigenvalue weighted by atomic mass is 10.0. The van der Waals surface area contributed by atoms with Gasteiger partial charge in [0, 0.05) is 35.2 Å². The average Bonchev–Trinajstić information content (AvgIpc) is 3.52. The molecule has 0 saturated heterocycles. The summed E-state index contributed by atoms with van der Waals surface area (Å²) in [6.07, 6.45) is 5.72. The van der Waals surface area contributed by atoms with E-state index in [0.29, 0.717) is 22.0 Å². The third-order valence-electron chi connectivity index (χ3n) is 6.22. The van der Waals surface area contributed by atoms with Crippen LogP contribution >= 0.6 is 34.5 Å². The minimum atomic E-state index is -1.34. The van der Waals surface area contributed by atoms with Crippen LogP contribution in [-0.4, -0.2) is 25.6 Å². The zero-order chi connectivity index (χ0) is 25.0. The van der Waals surface area contributed by atoms with E-state index in [2.05, 4.69) is 9.97 Å². The van der Waals surface area contributed by atoms with Gasteiger partial charge in [0.05, 0.1) is 16.4 Å². The van der Waals surface area contributed by atoms with Crippen LogP contribution in [0.4, 0.5) is 4.39 Å². The number of carbonyl (C=O) groups is 1. The van der Waals surface area contributed by atoms with Crippen molar-refractivity contribution in [3.63, 3.8) is 0 Å². The molecule has 0 radical (unpaired) electrons. The van der Waals surface area contributed by atoms with E-state index in [1.54, 1.807) is 25.4 Å². The number of rotatable bonds is 5. The van der Waals surface area contributed by atoms with E-state index in [0.717, 1.165) is 28.9 Å². The number of pyridine rings is 3. The van der Waals surface area contributed by atoms with Gasteiger partial charge in [-0.05, 0) is 67.0 Å². The van der Waals surface area contributed by atoms with Crippen molar-refractivity contribution in [3.05, 3.63) is 95.6 Å². The van der Waals surface area contributed by atoms with Crippen LogP contribution in [-0.2, 0) is 0 Å². The van der Waals surface area contributed by atoms with E-state index < -0.39 is 16.7 Å². The quantitative estimate of drug-likeness (QED) is 0.323. The zero-order valence-electron chi connectivity index (χ0n) is 18.6. The summed E-state index contributed by atoms with van der Waals surface area (Å²) < 4.78 is 16.1. The smallest absolute Gasteiger partial charge is 0.348 e. The topological polar surface area (TPSA) is 85.1 Å². The number of halogens is 3. The summed E-state index contributed by atoms with van der Waals surface area (Å²) in [5.41, 5.74) is 3.55.